The summed E-state index contributed by atoms with van der Waals surface area (Å²) < 4.78 is 39.4. The van der Waals surface area contributed by atoms with Crippen LogP contribution in [0.15, 0.2) is 54.6 Å². The first kappa shape index (κ1) is 24.8. The molecule has 0 saturated carbocycles. The lowest BCUT2D eigenvalue weighted by Crippen LogP contribution is -2.46. The number of piperidine rings is 1. The maximum atomic E-state index is 13.1. The smallest absolute Gasteiger partial charge is 0.342 e. The topological polar surface area (TPSA) is 52.7 Å². The van der Waals surface area contributed by atoms with Crippen molar-refractivity contribution < 1.29 is 22.8 Å². The Morgan fingerprint density at radius 2 is 1.64 bits per heavy atom. The first-order chi connectivity index (χ1) is 15.8. The number of alkyl halides is 3. The molecule has 1 aliphatic heterocycles. The van der Waals surface area contributed by atoms with Crippen molar-refractivity contribution in [2.24, 2.45) is 5.92 Å². The van der Waals surface area contributed by atoms with Gasteiger partial charge in [-0.05, 0) is 49.4 Å². The number of carbonyl (C=O) groups is 2. The third-order valence-corrected chi connectivity index (χ3v) is 6.01. The van der Waals surface area contributed by atoms with Gasteiger partial charge in [0.25, 0.3) is 0 Å². The van der Waals surface area contributed by atoms with E-state index in [4.69, 9.17) is 0 Å². The number of nitrogens with zero attached hydrogens (tertiary/aromatic N) is 2. The summed E-state index contributed by atoms with van der Waals surface area (Å²) in [6, 6.07) is 15.2. The summed E-state index contributed by atoms with van der Waals surface area (Å²) in [6.07, 6.45) is -1.69. The highest BCUT2D eigenvalue weighted by atomic mass is 19.4. The Labute approximate surface area is 192 Å². The zero-order valence-electron chi connectivity index (χ0n) is 18.8. The van der Waals surface area contributed by atoms with Crippen molar-refractivity contribution in [1.29, 1.82) is 0 Å². The van der Waals surface area contributed by atoms with Crippen LogP contribution in [0.2, 0.25) is 0 Å². The third kappa shape index (κ3) is 7.32. The zero-order chi connectivity index (χ0) is 23.8. The van der Waals surface area contributed by atoms with Crippen molar-refractivity contribution >= 4 is 17.5 Å². The van der Waals surface area contributed by atoms with E-state index < -0.39 is 17.6 Å². The van der Waals surface area contributed by atoms with Crippen LogP contribution in [0.5, 0.6) is 0 Å². The second-order valence-corrected chi connectivity index (χ2v) is 8.41. The minimum atomic E-state index is -4.56. The molecule has 0 aliphatic carbocycles. The molecular weight excluding hydrogens is 431 g/mol. The number of likely N-dealkylation sites (N-methyl/N-ethyl adjacent to an activating group) is 1. The van der Waals surface area contributed by atoms with Crippen LogP contribution < -0.4 is 5.32 Å². The highest BCUT2D eigenvalue weighted by Gasteiger charge is 2.33. The Morgan fingerprint density at radius 1 is 1.00 bits per heavy atom. The number of anilines is 1. The average Bonchev–Trinajstić information content (AvgIpc) is 2.79. The Morgan fingerprint density at radius 3 is 2.27 bits per heavy atom. The molecule has 0 aromatic heterocycles. The lowest BCUT2D eigenvalue weighted by atomic mass is 9.90. The third-order valence-electron chi connectivity index (χ3n) is 6.01. The van der Waals surface area contributed by atoms with Crippen LogP contribution in [0.25, 0.3) is 0 Å². The summed E-state index contributed by atoms with van der Waals surface area (Å²) in [4.78, 5) is 28.6. The molecule has 0 unspecified atom stereocenters. The highest BCUT2D eigenvalue weighted by Crippen LogP contribution is 2.34. The van der Waals surface area contributed by atoms with E-state index in [-0.39, 0.29) is 24.7 Å². The average molecular weight is 462 g/mol. The van der Waals surface area contributed by atoms with Gasteiger partial charge in [0.2, 0.25) is 11.8 Å². The fourth-order valence-corrected chi connectivity index (χ4v) is 4.14. The summed E-state index contributed by atoms with van der Waals surface area (Å²) in [5.41, 5.74) is 0.131. The molecule has 1 N–H and O–H groups in total. The molecule has 0 radical (unpaired) electrons. The molecule has 0 bridgehead atoms. The number of hydrogen-bond acceptors (Lipinski definition) is 3. The number of nitrogens with one attached hydrogen (secondary N) is 1. The predicted molar refractivity (Wildman–Crippen MR) is 122 cm³/mol. The minimum Gasteiger partial charge on any atom is -0.342 e. The molecule has 2 amide bonds. The Hall–Kier alpha value is -2.87. The molecule has 1 heterocycles. The van der Waals surface area contributed by atoms with Crippen LogP contribution in [0.1, 0.15) is 30.9 Å². The number of carbonyl (C=O) groups excluding carboxylic acids is 2. The lowest BCUT2D eigenvalue weighted by Gasteiger charge is -2.33. The number of halogens is 3. The second kappa shape index (κ2) is 11.3. The van der Waals surface area contributed by atoms with Crippen molar-refractivity contribution in [3.63, 3.8) is 0 Å². The first-order valence-corrected chi connectivity index (χ1v) is 11.3. The molecule has 3 rings (SSSR count). The quantitative estimate of drug-likeness (QED) is 0.632. The largest absolute Gasteiger partial charge is 0.418 e. The summed E-state index contributed by atoms with van der Waals surface area (Å²) in [5.74, 6) is -0.0976. The van der Waals surface area contributed by atoms with Gasteiger partial charge in [-0.3, -0.25) is 14.5 Å². The Kier molecular flexibility index (Phi) is 8.49. The SMILES string of the molecule is CCN(CC(=O)Nc1ccccc1C(F)(F)F)CC(=O)N1CCC(Cc2ccccc2)CC1. The lowest BCUT2D eigenvalue weighted by molar-refractivity contribution is -0.137. The van der Waals surface area contributed by atoms with Crippen LogP contribution in [0.3, 0.4) is 0 Å². The Balaban J connectivity index is 1.48. The zero-order valence-corrected chi connectivity index (χ0v) is 18.8. The minimum absolute atomic E-state index is 0.0569. The highest BCUT2D eigenvalue weighted by molar-refractivity contribution is 5.93. The molecule has 33 heavy (non-hydrogen) atoms. The molecule has 1 saturated heterocycles. The number of para-hydroxylation sites is 1. The van der Waals surface area contributed by atoms with Crippen LogP contribution in [-0.4, -0.2) is 54.3 Å². The standard InChI is InChI=1S/C25H30F3N3O2/c1-2-30(17-23(32)29-22-11-7-6-10-21(22)25(26,27)28)18-24(33)31-14-12-20(13-15-31)16-19-8-4-3-5-9-19/h3-11,20H,2,12-18H2,1H3,(H,29,32). The van der Waals surface area contributed by atoms with Gasteiger partial charge in [0.15, 0.2) is 0 Å². The van der Waals surface area contributed by atoms with Gasteiger partial charge in [0.05, 0.1) is 24.3 Å². The molecule has 178 valence electrons. The molecule has 0 atom stereocenters. The van der Waals surface area contributed by atoms with Gasteiger partial charge in [-0.25, -0.2) is 0 Å². The van der Waals surface area contributed by atoms with Crippen molar-refractivity contribution in [2.75, 3.05) is 38.0 Å². The number of amides is 2. The molecule has 2 aromatic carbocycles. The maximum absolute atomic E-state index is 13.1. The van der Waals surface area contributed by atoms with E-state index in [2.05, 4.69) is 17.4 Å². The summed E-state index contributed by atoms with van der Waals surface area (Å²) in [7, 11) is 0. The van der Waals surface area contributed by atoms with Crippen molar-refractivity contribution in [1.82, 2.24) is 9.80 Å². The van der Waals surface area contributed by atoms with Gasteiger partial charge in [-0.2, -0.15) is 13.2 Å². The Bertz CT molecular complexity index is 926. The first-order valence-electron chi connectivity index (χ1n) is 11.3. The van der Waals surface area contributed by atoms with E-state index in [1.165, 1.54) is 23.8 Å². The van der Waals surface area contributed by atoms with Crippen LogP contribution in [0.4, 0.5) is 18.9 Å². The van der Waals surface area contributed by atoms with Crippen LogP contribution in [0, 0.1) is 5.92 Å². The normalized spacial score (nSPS) is 15.0. The molecular formula is C25H30F3N3O2. The monoisotopic (exact) mass is 461 g/mol. The van der Waals surface area contributed by atoms with Gasteiger partial charge in [0, 0.05) is 13.1 Å². The van der Waals surface area contributed by atoms with Crippen molar-refractivity contribution in [3.05, 3.63) is 65.7 Å². The van der Waals surface area contributed by atoms with Crippen molar-refractivity contribution in [2.45, 2.75) is 32.4 Å². The predicted octanol–water partition coefficient (Wildman–Crippen LogP) is 4.45. The summed E-state index contributed by atoms with van der Waals surface area (Å²) >= 11 is 0. The van der Waals surface area contributed by atoms with Crippen molar-refractivity contribution in [3.8, 4) is 0 Å². The number of benzene rings is 2. The molecule has 1 fully saturated rings. The number of hydrogen-bond donors (Lipinski definition) is 1. The number of rotatable bonds is 8. The second-order valence-electron chi connectivity index (χ2n) is 8.41. The van der Waals surface area contributed by atoms with Crippen LogP contribution in [-0.2, 0) is 22.2 Å². The molecule has 5 nitrogen and oxygen atoms in total. The van der Waals surface area contributed by atoms with Gasteiger partial charge < -0.3 is 10.2 Å². The number of likely N-dealkylation sites (tertiary alicyclic amines) is 1. The van der Waals surface area contributed by atoms with E-state index in [1.807, 2.05) is 30.0 Å². The van der Waals surface area contributed by atoms with Gasteiger partial charge in [-0.1, -0.05) is 49.4 Å². The summed E-state index contributed by atoms with van der Waals surface area (Å²) in [6.45, 7) is 3.52. The fourth-order valence-electron chi connectivity index (χ4n) is 4.14. The van der Waals surface area contributed by atoms with E-state index in [9.17, 15) is 22.8 Å². The molecule has 0 spiro atoms. The maximum Gasteiger partial charge on any atom is 0.418 e. The van der Waals surface area contributed by atoms with Gasteiger partial charge in [-0.15, -0.1) is 0 Å². The molecule has 1 aliphatic rings. The van der Waals surface area contributed by atoms with Gasteiger partial charge >= 0.3 is 6.18 Å². The molecule has 8 heteroatoms. The van der Waals surface area contributed by atoms with Gasteiger partial charge in [0.1, 0.15) is 0 Å². The van der Waals surface area contributed by atoms with E-state index in [0.717, 1.165) is 25.3 Å². The van der Waals surface area contributed by atoms with E-state index >= 15 is 0 Å². The molecule has 2 aromatic rings. The van der Waals surface area contributed by atoms with E-state index in [0.29, 0.717) is 25.6 Å². The fraction of sp³-hybridized carbons (Fsp3) is 0.440. The van der Waals surface area contributed by atoms with E-state index in [1.54, 1.807) is 4.90 Å². The summed E-state index contributed by atoms with van der Waals surface area (Å²) in [5, 5.41) is 2.34. The van der Waals surface area contributed by atoms with Crippen LogP contribution >= 0.6 is 0 Å².